The fraction of sp³-hybridized carbons (Fsp3) is 0.350. The second kappa shape index (κ2) is 6.65. The maximum absolute atomic E-state index is 12.4. The number of carbonyl (C=O) groups is 1. The van der Waals surface area contributed by atoms with Gasteiger partial charge in [0.25, 0.3) is 0 Å². The van der Waals surface area contributed by atoms with Crippen LogP contribution in [0.25, 0.3) is 6.08 Å². The zero-order valence-corrected chi connectivity index (χ0v) is 14.9. The third kappa shape index (κ3) is 3.10. The molecule has 1 spiro atoms. The minimum atomic E-state index is 0.0361. The largest absolute Gasteiger partial charge is 0.492 e. The molecule has 1 saturated heterocycles. The summed E-state index contributed by atoms with van der Waals surface area (Å²) in [6, 6.07) is 8.27. The van der Waals surface area contributed by atoms with Crippen LogP contribution < -0.4 is 10.5 Å². The summed E-state index contributed by atoms with van der Waals surface area (Å²) in [7, 11) is 0. The Labute approximate surface area is 151 Å². The fourth-order valence-corrected chi connectivity index (χ4v) is 4.38. The zero-order valence-electron chi connectivity index (χ0n) is 14.1. The molecule has 2 aliphatic rings. The number of thiophene rings is 1. The van der Waals surface area contributed by atoms with Crippen LogP contribution in [0.2, 0.25) is 0 Å². The molecular formula is C20H22N2O2S. The molecule has 0 radical (unpaired) electrons. The molecule has 1 amide bonds. The summed E-state index contributed by atoms with van der Waals surface area (Å²) in [6.45, 7) is 2.79. The Morgan fingerprint density at radius 2 is 2.16 bits per heavy atom. The highest BCUT2D eigenvalue weighted by atomic mass is 32.1. The van der Waals surface area contributed by atoms with Gasteiger partial charge in [-0.05, 0) is 52.9 Å². The minimum absolute atomic E-state index is 0.0361. The Hall–Kier alpha value is -2.11. The number of rotatable bonds is 3. The van der Waals surface area contributed by atoms with Crippen molar-refractivity contribution in [2.24, 2.45) is 5.73 Å². The molecule has 1 aromatic heterocycles. The van der Waals surface area contributed by atoms with Crippen molar-refractivity contribution in [1.29, 1.82) is 0 Å². The first-order valence-corrected chi connectivity index (χ1v) is 9.60. The number of amides is 1. The summed E-state index contributed by atoms with van der Waals surface area (Å²) >= 11 is 1.64. The normalized spacial score (nSPS) is 18.5. The molecule has 2 aromatic rings. The van der Waals surface area contributed by atoms with Gasteiger partial charge in [0, 0.05) is 36.7 Å². The van der Waals surface area contributed by atoms with E-state index < -0.39 is 0 Å². The molecule has 0 atom stereocenters. The molecular weight excluding hydrogens is 332 g/mol. The van der Waals surface area contributed by atoms with Crippen LogP contribution in [0.3, 0.4) is 0 Å². The van der Waals surface area contributed by atoms with Crippen molar-refractivity contribution in [3.8, 4) is 5.75 Å². The van der Waals surface area contributed by atoms with Crippen LogP contribution in [0, 0.1) is 0 Å². The third-order valence-electron chi connectivity index (χ3n) is 5.35. The molecule has 2 aliphatic heterocycles. The summed E-state index contributed by atoms with van der Waals surface area (Å²) in [6.07, 6.45) is 5.45. The lowest BCUT2D eigenvalue weighted by Crippen LogP contribution is -2.45. The molecule has 4 nitrogen and oxygen atoms in total. The highest BCUT2D eigenvalue weighted by Gasteiger charge is 2.43. The average Bonchev–Trinajstić information content (AvgIpc) is 3.29. The number of carbonyl (C=O) groups excluding carboxylic acids is 1. The standard InChI is InChI=1S/C20H22N2O2S/c21-12-16-1-3-18-17(11-16)20(14-24-18)6-8-22(9-7-20)19(23)4-2-15-5-10-25-13-15/h1-5,10-11,13H,6-9,12,14,21H2. The lowest BCUT2D eigenvalue weighted by Gasteiger charge is -2.38. The van der Waals surface area contributed by atoms with E-state index in [1.54, 1.807) is 17.4 Å². The highest BCUT2D eigenvalue weighted by Crippen LogP contribution is 2.45. The molecule has 0 bridgehead atoms. The molecule has 3 heterocycles. The topological polar surface area (TPSA) is 55.6 Å². The predicted octanol–water partition coefficient (Wildman–Crippen LogP) is 3.17. The molecule has 5 heteroatoms. The number of ether oxygens (including phenoxy) is 1. The monoisotopic (exact) mass is 354 g/mol. The molecule has 25 heavy (non-hydrogen) atoms. The van der Waals surface area contributed by atoms with Crippen LogP contribution in [0.4, 0.5) is 0 Å². The predicted molar refractivity (Wildman–Crippen MR) is 101 cm³/mol. The lowest BCUT2D eigenvalue weighted by molar-refractivity contribution is -0.127. The van der Waals surface area contributed by atoms with Gasteiger partial charge in [0.05, 0.1) is 6.61 Å². The number of likely N-dealkylation sites (tertiary alicyclic amines) is 1. The van der Waals surface area contributed by atoms with Gasteiger partial charge in [-0.15, -0.1) is 0 Å². The van der Waals surface area contributed by atoms with Gasteiger partial charge in [0.1, 0.15) is 5.75 Å². The molecule has 0 aliphatic carbocycles. The van der Waals surface area contributed by atoms with E-state index in [1.165, 1.54) is 5.56 Å². The fourth-order valence-electron chi connectivity index (χ4n) is 3.75. The Balaban J connectivity index is 1.45. The van der Waals surface area contributed by atoms with E-state index in [-0.39, 0.29) is 11.3 Å². The first-order valence-electron chi connectivity index (χ1n) is 8.66. The van der Waals surface area contributed by atoms with Gasteiger partial charge in [-0.25, -0.2) is 0 Å². The SMILES string of the molecule is NCc1ccc2c(c1)C1(CCN(C(=O)C=Cc3ccsc3)CC1)CO2. The molecule has 130 valence electrons. The molecule has 1 aromatic carbocycles. The number of nitrogens with two attached hydrogens (primary N) is 1. The Morgan fingerprint density at radius 1 is 1.32 bits per heavy atom. The van der Waals surface area contributed by atoms with Crippen LogP contribution in [0.5, 0.6) is 5.75 Å². The van der Waals surface area contributed by atoms with Gasteiger partial charge < -0.3 is 15.4 Å². The van der Waals surface area contributed by atoms with Gasteiger partial charge in [-0.3, -0.25) is 4.79 Å². The van der Waals surface area contributed by atoms with Crippen molar-refractivity contribution < 1.29 is 9.53 Å². The maximum Gasteiger partial charge on any atom is 0.246 e. The molecule has 1 fully saturated rings. The number of hydrogen-bond acceptors (Lipinski definition) is 4. The summed E-state index contributed by atoms with van der Waals surface area (Å²) in [5.74, 6) is 1.07. The number of piperidine rings is 1. The Morgan fingerprint density at radius 3 is 2.88 bits per heavy atom. The van der Waals surface area contributed by atoms with E-state index in [9.17, 15) is 4.79 Å². The summed E-state index contributed by atoms with van der Waals surface area (Å²) in [4.78, 5) is 14.4. The van der Waals surface area contributed by atoms with Crippen molar-refractivity contribution in [2.75, 3.05) is 19.7 Å². The number of fused-ring (bicyclic) bond motifs is 2. The summed E-state index contributed by atoms with van der Waals surface area (Å²) < 4.78 is 5.93. The van der Waals surface area contributed by atoms with Crippen LogP contribution in [0.15, 0.2) is 41.1 Å². The van der Waals surface area contributed by atoms with E-state index in [0.717, 1.165) is 42.8 Å². The van der Waals surface area contributed by atoms with Gasteiger partial charge >= 0.3 is 0 Å². The molecule has 0 unspecified atom stereocenters. The van der Waals surface area contributed by atoms with E-state index in [2.05, 4.69) is 6.07 Å². The maximum atomic E-state index is 12.4. The van der Waals surface area contributed by atoms with Crippen molar-refractivity contribution in [1.82, 2.24) is 4.90 Å². The average molecular weight is 354 g/mol. The highest BCUT2D eigenvalue weighted by molar-refractivity contribution is 7.08. The van der Waals surface area contributed by atoms with E-state index in [1.807, 2.05) is 39.9 Å². The summed E-state index contributed by atoms with van der Waals surface area (Å²) in [5.41, 5.74) is 9.33. The van der Waals surface area contributed by atoms with Gasteiger partial charge in [-0.2, -0.15) is 11.3 Å². The first kappa shape index (κ1) is 16.4. The number of hydrogen-bond donors (Lipinski definition) is 1. The molecule has 0 saturated carbocycles. The second-order valence-electron chi connectivity index (χ2n) is 6.82. The van der Waals surface area contributed by atoms with Gasteiger partial charge in [0.15, 0.2) is 0 Å². The number of nitrogens with zero attached hydrogens (tertiary/aromatic N) is 1. The summed E-state index contributed by atoms with van der Waals surface area (Å²) in [5, 5.41) is 4.05. The van der Waals surface area contributed by atoms with Gasteiger partial charge in [-0.1, -0.05) is 12.1 Å². The van der Waals surface area contributed by atoms with Gasteiger partial charge in [0.2, 0.25) is 5.91 Å². The molecule has 4 rings (SSSR count). The van der Waals surface area contributed by atoms with Crippen molar-refractivity contribution in [3.63, 3.8) is 0 Å². The Bertz CT molecular complexity index is 790. The first-order chi connectivity index (χ1) is 12.2. The third-order valence-corrected chi connectivity index (χ3v) is 6.05. The Kier molecular flexibility index (Phi) is 4.36. The minimum Gasteiger partial charge on any atom is -0.492 e. The second-order valence-corrected chi connectivity index (χ2v) is 7.60. The number of benzene rings is 1. The van der Waals surface area contributed by atoms with Crippen LogP contribution in [-0.2, 0) is 16.8 Å². The quantitative estimate of drug-likeness (QED) is 0.862. The van der Waals surface area contributed by atoms with E-state index in [0.29, 0.717) is 13.2 Å². The van der Waals surface area contributed by atoms with Crippen molar-refractivity contribution in [3.05, 3.63) is 57.8 Å². The zero-order chi connectivity index (χ0) is 17.3. The van der Waals surface area contributed by atoms with Crippen molar-refractivity contribution in [2.45, 2.75) is 24.8 Å². The van der Waals surface area contributed by atoms with E-state index >= 15 is 0 Å². The van der Waals surface area contributed by atoms with Crippen molar-refractivity contribution >= 4 is 23.3 Å². The van der Waals surface area contributed by atoms with E-state index in [4.69, 9.17) is 10.5 Å². The molecule has 2 N–H and O–H groups in total. The van der Waals surface area contributed by atoms with Crippen LogP contribution >= 0.6 is 11.3 Å². The lowest BCUT2D eigenvalue weighted by atomic mass is 9.74. The smallest absolute Gasteiger partial charge is 0.246 e. The van der Waals surface area contributed by atoms with Crippen LogP contribution in [0.1, 0.15) is 29.5 Å². The van der Waals surface area contributed by atoms with Crippen LogP contribution in [-0.4, -0.2) is 30.5 Å².